The SMILES string of the molecule is C=CC[C@H](c1cc(Br)ccc1O)N1CCNCC1. The standard InChI is InChI=1S/C14H19BrN2O/c1-2-3-13(17-8-6-16-7-9-17)12-10-11(15)4-5-14(12)18/h2,4-5,10,13,16,18H,1,3,6-9H2/t13-/m1/s1. The average molecular weight is 311 g/mol. The largest absolute Gasteiger partial charge is 0.508 e. The molecule has 1 aromatic carbocycles. The highest BCUT2D eigenvalue weighted by Gasteiger charge is 2.23. The first-order chi connectivity index (χ1) is 8.72. The number of halogens is 1. The van der Waals surface area contributed by atoms with Gasteiger partial charge in [-0.05, 0) is 24.6 Å². The minimum Gasteiger partial charge on any atom is -0.508 e. The smallest absolute Gasteiger partial charge is 0.120 e. The van der Waals surface area contributed by atoms with E-state index >= 15 is 0 Å². The lowest BCUT2D eigenvalue weighted by Crippen LogP contribution is -2.45. The Morgan fingerprint density at radius 1 is 1.44 bits per heavy atom. The maximum Gasteiger partial charge on any atom is 0.120 e. The van der Waals surface area contributed by atoms with Crippen LogP contribution in [0.1, 0.15) is 18.0 Å². The average Bonchev–Trinajstić information content (AvgIpc) is 2.40. The van der Waals surface area contributed by atoms with Crippen LogP contribution in [0.3, 0.4) is 0 Å². The van der Waals surface area contributed by atoms with Crippen LogP contribution in [0.5, 0.6) is 5.75 Å². The van der Waals surface area contributed by atoms with Crippen LogP contribution < -0.4 is 5.32 Å². The van der Waals surface area contributed by atoms with Crippen LogP contribution in [0.2, 0.25) is 0 Å². The first-order valence-electron chi connectivity index (χ1n) is 6.26. The highest BCUT2D eigenvalue weighted by molar-refractivity contribution is 9.10. The molecule has 1 heterocycles. The predicted octanol–water partition coefficient (Wildman–Crippen LogP) is 2.68. The molecule has 3 nitrogen and oxygen atoms in total. The van der Waals surface area contributed by atoms with Gasteiger partial charge in [0, 0.05) is 42.3 Å². The van der Waals surface area contributed by atoms with Crippen LogP contribution >= 0.6 is 15.9 Å². The summed E-state index contributed by atoms with van der Waals surface area (Å²) in [4.78, 5) is 2.40. The number of aromatic hydroxyl groups is 1. The third-order valence-corrected chi connectivity index (χ3v) is 3.82. The van der Waals surface area contributed by atoms with Gasteiger partial charge in [0.1, 0.15) is 5.75 Å². The van der Waals surface area contributed by atoms with Gasteiger partial charge in [0.05, 0.1) is 0 Å². The lowest BCUT2D eigenvalue weighted by Gasteiger charge is -2.35. The van der Waals surface area contributed by atoms with Gasteiger partial charge in [-0.15, -0.1) is 6.58 Å². The minimum atomic E-state index is 0.210. The maximum atomic E-state index is 10.1. The number of phenols is 1. The van der Waals surface area contributed by atoms with Gasteiger partial charge < -0.3 is 10.4 Å². The number of benzene rings is 1. The summed E-state index contributed by atoms with van der Waals surface area (Å²) in [5.41, 5.74) is 0.978. The van der Waals surface area contributed by atoms with E-state index in [0.717, 1.165) is 42.6 Å². The lowest BCUT2D eigenvalue weighted by atomic mass is 10.00. The Bertz CT molecular complexity index is 416. The topological polar surface area (TPSA) is 35.5 Å². The number of phenolic OH excluding ortho intramolecular Hbond substituents is 1. The molecule has 0 aromatic heterocycles. The van der Waals surface area contributed by atoms with E-state index in [4.69, 9.17) is 0 Å². The molecule has 2 rings (SSSR count). The third kappa shape index (κ3) is 3.13. The van der Waals surface area contributed by atoms with Crippen LogP contribution in [0.4, 0.5) is 0 Å². The number of hydrogen-bond donors (Lipinski definition) is 2. The van der Waals surface area contributed by atoms with Gasteiger partial charge in [0.2, 0.25) is 0 Å². The fourth-order valence-corrected chi connectivity index (χ4v) is 2.80. The van der Waals surface area contributed by atoms with Crippen molar-refractivity contribution < 1.29 is 5.11 Å². The zero-order valence-corrected chi connectivity index (χ0v) is 12.0. The molecule has 0 bridgehead atoms. The first-order valence-corrected chi connectivity index (χ1v) is 7.05. The number of nitrogens with one attached hydrogen (secondary N) is 1. The molecule has 4 heteroatoms. The van der Waals surface area contributed by atoms with Gasteiger partial charge in [0.25, 0.3) is 0 Å². The molecule has 0 amide bonds. The second-order valence-corrected chi connectivity index (χ2v) is 5.44. The number of piperazine rings is 1. The number of hydrogen-bond acceptors (Lipinski definition) is 3. The van der Waals surface area contributed by atoms with Crippen molar-refractivity contribution in [3.63, 3.8) is 0 Å². The molecule has 1 saturated heterocycles. The van der Waals surface area contributed by atoms with Gasteiger partial charge in [0.15, 0.2) is 0 Å². The summed E-state index contributed by atoms with van der Waals surface area (Å²) in [6.07, 6.45) is 2.77. The van der Waals surface area contributed by atoms with E-state index in [-0.39, 0.29) is 6.04 Å². The molecule has 0 spiro atoms. The Morgan fingerprint density at radius 2 is 2.17 bits per heavy atom. The molecular weight excluding hydrogens is 292 g/mol. The van der Waals surface area contributed by atoms with Crippen LogP contribution in [-0.2, 0) is 0 Å². The van der Waals surface area contributed by atoms with E-state index in [0.29, 0.717) is 5.75 Å². The van der Waals surface area contributed by atoms with Crippen molar-refractivity contribution in [3.8, 4) is 5.75 Å². The van der Waals surface area contributed by atoms with Crippen molar-refractivity contribution in [2.45, 2.75) is 12.5 Å². The summed E-state index contributed by atoms with van der Waals surface area (Å²) in [5, 5.41) is 13.4. The Balaban J connectivity index is 2.27. The minimum absolute atomic E-state index is 0.210. The molecule has 98 valence electrons. The fourth-order valence-electron chi connectivity index (χ4n) is 2.42. The van der Waals surface area contributed by atoms with Crippen LogP contribution in [0.15, 0.2) is 35.3 Å². The Labute approximate surface area is 117 Å². The Hall–Kier alpha value is -0.840. The Morgan fingerprint density at radius 3 is 2.83 bits per heavy atom. The molecule has 1 aromatic rings. The van der Waals surface area contributed by atoms with Gasteiger partial charge in [-0.3, -0.25) is 4.90 Å². The van der Waals surface area contributed by atoms with Crippen LogP contribution in [-0.4, -0.2) is 36.2 Å². The zero-order chi connectivity index (χ0) is 13.0. The molecule has 0 radical (unpaired) electrons. The molecular formula is C14H19BrN2O. The van der Waals surface area contributed by atoms with E-state index < -0.39 is 0 Å². The first kappa shape index (κ1) is 13.6. The van der Waals surface area contributed by atoms with Crippen molar-refractivity contribution in [2.24, 2.45) is 0 Å². The summed E-state index contributed by atoms with van der Waals surface area (Å²) in [6, 6.07) is 5.83. The molecule has 2 N–H and O–H groups in total. The van der Waals surface area contributed by atoms with E-state index in [9.17, 15) is 5.11 Å². The van der Waals surface area contributed by atoms with Crippen molar-refractivity contribution >= 4 is 15.9 Å². The fraction of sp³-hybridized carbons (Fsp3) is 0.429. The molecule has 1 fully saturated rings. The van der Waals surface area contributed by atoms with Crippen molar-refractivity contribution in [1.29, 1.82) is 0 Å². The molecule has 0 aliphatic carbocycles. The second-order valence-electron chi connectivity index (χ2n) is 4.53. The lowest BCUT2D eigenvalue weighted by molar-refractivity contribution is 0.172. The number of nitrogens with zero attached hydrogens (tertiary/aromatic N) is 1. The van der Waals surface area contributed by atoms with E-state index in [1.807, 2.05) is 18.2 Å². The molecule has 18 heavy (non-hydrogen) atoms. The molecule has 1 atom stereocenters. The van der Waals surface area contributed by atoms with Crippen molar-refractivity contribution in [1.82, 2.24) is 10.2 Å². The number of rotatable bonds is 4. The van der Waals surface area contributed by atoms with E-state index in [1.165, 1.54) is 0 Å². The molecule has 1 aliphatic rings. The summed E-state index contributed by atoms with van der Waals surface area (Å²) < 4.78 is 1.000. The van der Waals surface area contributed by atoms with Gasteiger partial charge in [-0.1, -0.05) is 22.0 Å². The van der Waals surface area contributed by atoms with E-state index in [2.05, 4.69) is 32.7 Å². The van der Waals surface area contributed by atoms with Gasteiger partial charge >= 0.3 is 0 Å². The van der Waals surface area contributed by atoms with Crippen LogP contribution in [0, 0.1) is 0 Å². The monoisotopic (exact) mass is 310 g/mol. The van der Waals surface area contributed by atoms with Crippen molar-refractivity contribution in [3.05, 3.63) is 40.9 Å². The second kappa shape index (κ2) is 6.36. The maximum absolute atomic E-state index is 10.1. The highest BCUT2D eigenvalue weighted by atomic mass is 79.9. The third-order valence-electron chi connectivity index (χ3n) is 3.33. The highest BCUT2D eigenvalue weighted by Crippen LogP contribution is 2.33. The van der Waals surface area contributed by atoms with Crippen molar-refractivity contribution in [2.75, 3.05) is 26.2 Å². The van der Waals surface area contributed by atoms with Gasteiger partial charge in [-0.2, -0.15) is 0 Å². The van der Waals surface area contributed by atoms with E-state index in [1.54, 1.807) is 6.07 Å². The summed E-state index contributed by atoms with van der Waals surface area (Å²) >= 11 is 3.47. The molecule has 1 aliphatic heterocycles. The summed E-state index contributed by atoms with van der Waals surface area (Å²) in [6.45, 7) is 7.85. The predicted molar refractivity (Wildman–Crippen MR) is 77.8 cm³/mol. The molecule has 0 unspecified atom stereocenters. The zero-order valence-electron chi connectivity index (χ0n) is 10.4. The summed E-state index contributed by atoms with van der Waals surface area (Å²) in [5.74, 6) is 0.364. The van der Waals surface area contributed by atoms with Gasteiger partial charge in [-0.25, -0.2) is 0 Å². The quantitative estimate of drug-likeness (QED) is 0.839. The molecule has 0 saturated carbocycles. The van der Waals surface area contributed by atoms with Crippen LogP contribution in [0.25, 0.3) is 0 Å². The summed E-state index contributed by atoms with van der Waals surface area (Å²) in [7, 11) is 0. The normalized spacial score (nSPS) is 18.5. The Kier molecular flexibility index (Phi) is 4.80.